The van der Waals surface area contributed by atoms with Gasteiger partial charge >= 0.3 is 0 Å². The molecule has 0 bridgehead atoms. The molecule has 20 heavy (non-hydrogen) atoms. The summed E-state index contributed by atoms with van der Waals surface area (Å²) in [6.07, 6.45) is 0.997. The van der Waals surface area contributed by atoms with Crippen LogP contribution in [-0.4, -0.2) is 42.2 Å². The van der Waals surface area contributed by atoms with Crippen molar-refractivity contribution in [2.45, 2.75) is 32.3 Å². The predicted molar refractivity (Wildman–Crippen MR) is 82.9 cm³/mol. The fourth-order valence-electron chi connectivity index (χ4n) is 2.04. The number of rotatable bonds is 6. The van der Waals surface area contributed by atoms with Crippen molar-refractivity contribution < 1.29 is 14.6 Å². The van der Waals surface area contributed by atoms with E-state index in [1.54, 1.807) is 32.9 Å². The third-order valence-electron chi connectivity index (χ3n) is 2.90. The van der Waals surface area contributed by atoms with E-state index in [1.165, 1.54) is 0 Å². The molecule has 1 aromatic carbocycles. The normalized spacial score (nSPS) is 11.3. The summed E-state index contributed by atoms with van der Waals surface area (Å²) in [6, 6.07) is 5.75. The number of halogens is 1. The number of benzene rings is 1. The monoisotopic (exact) mass is 343 g/mol. The van der Waals surface area contributed by atoms with Crippen LogP contribution in [0.15, 0.2) is 22.7 Å². The minimum Gasteiger partial charge on any atom is -0.496 e. The molecule has 112 valence electrons. The van der Waals surface area contributed by atoms with Crippen LogP contribution in [0.25, 0.3) is 0 Å². The fraction of sp³-hybridized carbons (Fsp3) is 0.533. The number of aliphatic hydroxyl groups is 1. The second-order valence-electron chi connectivity index (χ2n) is 5.52. The zero-order valence-corrected chi connectivity index (χ0v) is 14.0. The van der Waals surface area contributed by atoms with Crippen LogP contribution in [-0.2, 0) is 11.2 Å². The topological polar surface area (TPSA) is 49.8 Å². The van der Waals surface area contributed by atoms with Crippen LogP contribution in [0.4, 0.5) is 0 Å². The summed E-state index contributed by atoms with van der Waals surface area (Å²) >= 11 is 3.42. The number of aryl methyl sites for hydroxylation is 1. The largest absolute Gasteiger partial charge is 0.496 e. The van der Waals surface area contributed by atoms with Crippen molar-refractivity contribution in [1.29, 1.82) is 0 Å². The Morgan fingerprint density at radius 1 is 1.45 bits per heavy atom. The van der Waals surface area contributed by atoms with Gasteiger partial charge in [-0.15, -0.1) is 0 Å². The molecule has 5 heteroatoms. The molecule has 0 aliphatic carbocycles. The molecule has 0 aliphatic heterocycles. The van der Waals surface area contributed by atoms with Gasteiger partial charge in [-0.05, 0) is 44.0 Å². The third-order valence-corrected chi connectivity index (χ3v) is 3.39. The molecule has 0 spiro atoms. The van der Waals surface area contributed by atoms with Gasteiger partial charge in [0.2, 0.25) is 5.91 Å². The van der Waals surface area contributed by atoms with Crippen LogP contribution in [0.1, 0.15) is 25.8 Å². The van der Waals surface area contributed by atoms with Gasteiger partial charge < -0.3 is 14.7 Å². The quantitative estimate of drug-likeness (QED) is 0.863. The molecule has 0 unspecified atom stereocenters. The maximum absolute atomic E-state index is 12.0. The summed E-state index contributed by atoms with van der Waals surface area (Å²) in [7, 11) is 3.33. The summed E-state index contributed by atoms with van der Waals surface area (Å²) in [5.41, 5.74) is 0.115. The van der Waals surface area contributed by atoms with Gasteiger partial charge in [0.15, 0.2) is 0 Å². The van der Waals surface area contributed by atoms with Crippen molar-refractivity contribution >= 4 is 21.8 Å². The lowest BCUT2D eigenvalue weighted by Crippen LogP contribution is -2.39. The number of ether oxygens (including phenoxy) is 1. The number of likely N-dealkylation sites (N-methyl/N-ethyl adjacent to an activating group) is 1. The Bertz CT molecular complexity index is 469. The highest BCUT2D eigenvalue weighted by Gasteiger charge is 2.19. The molecule has 1 N–H and O–H groups in total. The van der Waals surface area contributed by atoms with Gasteiger partial charge in [0.1, 0.15) is 5.75 Å². The number of carbonyl (C=O) groups is 1. The smallest absolute Gasteiger partial charge is 0.222 e. The SMILES string of the molecule is COc1ccc(Br)cc1CCC(=O)N(C)CC(C)(C)O. The molecular formula is C15H22BrNO3. The van der Waals surface area contributed by atoms with Crippen molar-refractivity contribution in [2.75, 3.05) is 20.7 Å². The van der Waals surface area contributed by atoms with Crippen molar-refractivity contribution in [2.24, 2.45) is 0 Å². The zero-order valence-electron chi connectivity index (χ0n) is 12.4. The molecule has 1 aromatic rings. The number of hydrogen-bond donors (Lipinski definition) is 1. The van der Waals surface area contributed by atoms with Crippen LogP contribution in [0.2, 0.25) is 0 Å². The first-order valence-electron chi connectivity index (χ1n) is 6.51. The number of amides is 1. The van der Waals surface area contributed by atoms with E-state index in [9.17, 15) is 9.90 Å². The zero-order chi connectivity index (χ0) is 15.3. The first-order valence-corrected chi connectivity index (χ1v) is 7.31. The lowest BCUT2D eigenvalue weighted by Gasteiger charge is -2.25. The Hall–Kier alpha value is -1.07. The predicted octanol–water partition coefficient (Wildman–Crippen LogP) is 2.62. The molecule has 0 saturated heterocycles. The second-order valence-corrected chi connectivity index (χ2v) is 6.43. The maximum Gasteiger partial charge on any atom is 0.222 e. The molecule has 1 amide bonds. The van der Waals surface area contributed by atoms with Crippen molar-refractivity contribution in [1.82, 2.24) is 4.90 Å². The Morgan fingerprint density at radius 3 is 2.65 bits per heavy atom. The average Bonchev–Trinajstić information content (AvgIpc) is 2.34. The summed E-state index contributed by atoms with van der Waals surface area (Å²) in [5, 5.41) is 9.72. The number of nitrogens with zero attached hydrogens (tertiary/aromatic N) is 1. The summed E-state index contributed by atoms with van der Waals surface area (Å²) in [5.74, 6) is 0.792. The van der Waals surface area contributed by atoms with Gasteiger partial charge in [0.05, 0.1) is 12.7 Å². The second kappa shape index (κ2) is 7.09. The van der Waals surface area contributed by atoms with Crippen molar-refractivity contribution in [3.63, 3.8) is 0 Å². The lowest BCUT2D eigenvalue weighted by atomic mass is 10.1. The molecule has 0 atom stereocenters. The minimum absolute atomic E-state index is 0.00848. The molecule has 0 aromatic heterocycles. The van der Waals surface area contributed by atoms with Crippen LogP contribution in [0.5, 0.6) is 5.75 Å². The van der Waals surface area contributed by atoms with Gasteiger partial charge in [-0.1, -0.05) is 15.9 Å². The Balaban J connectivity index is 2.63. The fourth-order valence-corrected chi connectivity index (χ4v) is 2.45. The van der Waals surface area contributed by atoms with E-state index < -0.39 is 5.60 Å². The van der Waals surface area contributed by atoms with E-state index in [-0.39, 0.29) is 5.91 Å². The van der Waals surface area contributed by atoms with E-state index >= 15 is 0 Å². The molecule has 0 radical (unpaired) electrons. The standard InChI is InChI=1S/C15H22BrNO3/c1-15(2,19)10-17(3)14(18)8-5-11-9-12(16)6-7-13(11)20-4/h6-7,9,19H,5,8,10H2,1-4H3. The van der Waals surface area contributed by atoms with Crippen LogP contribution < -0.4 is 4.74 Å². The highest BCUT2D eigenvalue weighted by molar-refractivity contribution is 9.10. The van der Waals surface area contributed by atoms with Gasteiger partial charge in [-0.2, -0.15) is 0 Å². The molecule has 0 fully saturated rings. The lowest BCUT2D eigenvalue weighted by molar-refractivity contribution is -0.132. The van der Waals surface area contributed by atoms with Crippen LogP contribution >= 0.6 is 15.9 Å². The maximum atomic E-state index is 12.0. The van der Waals surface area contributed by atoms with Gasteiger partial charge in [0.25, 0.3) is 0 Å². The van der Waals surface area contributed by atoms with E-state index in [0.29, 0.717) is 19.4 Å². The van der Waals surface area contributed by atoms with Crippen molar-refractivity contribution in [3.8, 4) is 5.75 Å². The van der Waals surface area contributed by atoms with Gasteiger partial charge in [-0.3, -0.25) is 4.79 Å². The molecule has 0 aliphatic rings. The van der Waals surface area contributed by atoms with Gasteiger partial charge in [0, 0.05) is 24.5 Å². The summed E-state index contributed by atoms with van der Waals surface area (Å²) in [6.45, 7) is 3.70. The Morgan fingerprint density at radius 2 is 2.10 bits per heavy atom. The first-order chi connectivity index (χ1) is 9.23. The number of methoxy groups -OCH3 is 1. The molecule has 1 rings (SSSR count). The van der Waals surface area contributed by atoms with Gasteiger partial charge in [-0.25, -0.2) is 0 Å². The first kappa shape index (κ1) is 17.0. The highest BCUT2D eigenvalue weighted by Crippen LogP contribution is 2.24. The molecule has 4 nitrogen and oxygen atoms in total. The van der Waals surface area contributed by atoms with Crippen molar-refractivity contribution in [3.05, 3.63) is 28.2 Å². The Kier molecular flexibility index (Phi) is 6.02. The Labute approximate surface area is 128 Å². The third kappa shape index (κ3) is 5.51. The molecular weight excluding hydrogens is 322 g/mol. The number of hydrogen-bond acceptors (Lipinski definition) is 3. The van der Waals surface area contributed by atoms with E-state index in [2.05, 4.69) is 15.9 Å². The minimum atomic E-state index is -0.877. The van der Waals surface area contributed by atoms with E-state index in [1.807, 2.05) is 18.2 Å². The van der Waals surface area contributed by atoms with E-state index in [4.69, 9.17) is 4.74 Å². The highest BCUT2D eigenvalue weighted by atomic mass is 79.9. The number of carbonyl (C=O) groups excluding carboxylic acids is 1. The van der Waals surface area contributed by atoms with Crippen LogP contribution in [0, 0.1) is 0 Å². The summed E-state index contributed by atoms with van der Waals surface area (Å²) < 4.78 is 6.25. The summed E-state index contributed by atoms with van der Waals surface area (Å²) in [4.78, 5) is 13.6. The molecule has 0 heterocycles. The van der Waals surface area contributed by atoms with Crippen LogP contribution in [0.3, 0.4) is 0 Å². The average molecular weight is 344 g/mol. The van der Waals surface area contributed by atoms with E-state index in [0.717, 1.165) is 15.8 Å². The molecule has 0 saturated carbocycles.